The molecule has 2 aromatic carbocycles. The molecule has 0 saturated carbocycles. The third-order valence-corrected chi connectivity index (χ3v) is 6.33. The van der Waals surface area contributed by atoms with E-state index in [-0.39, 0.29) is 5.91 Å². The summed E-state index contributed by atoms with van der Waals surface area (Å²) in [5.41, 5.74) is 7.59. The number of thioether (sulfide) groups is 1. The molecule has 0 bridgehead atoms. The van der Waals surface area contributed by atoms with Crippen LogP contribution in [-0.2, 0) is 11.3 Å². The summed E-state index contributed by atoms with van der Waals surface area (Å²) in [6, 6.07) is 19.6. The largest absolute Gasteiger partial charge is 0.368 e. The molecule has 1 fully saturated rings. The van der Waals surface area contributed by atoms with Crippen LogP contribution >= 0.6 is 11.8 Å². The van der Waals surface area contributed by atoms with Crippen molar-refractivity contribution >= 4 is 17.7 Å². The van der Waals surface area contributed by atoms with Crippen molar-refractivity contribution in [2.45, 2.75) is 36.2 Å². The van der Waals surface area contributed by atoms with Gasteiger partial charge in [-0.3, -0.25) is 14.3 Å². The van der Waals surface area contributed by atoms with Crippen LogP contribution in [0.25, 0.3) is 5.69 Å². The highest BCUT2D eigenvalue weighted by molar-refractivity contribution is 8.00. The minimum atomic E-state index is -0.523. The average molecular weight is 408 g/mol. The first-order valence-corrected chi connectivity index (χ1v) is 10.8. The number of hydrogen-bond donors (Lipinski definition) is 1. The summed E-state index contributed by atoms with van der Waals surface area (Å²) in [7, 11) is 0. The lowest BCUT2D eigenvalue weighted by Crippen LogP contribution is -2.30. The maximum atomic E-state index is 12.2. The number of primary amides is 1. The number of carbonyl (C=O) groups excluding carboxylic acids is 1. The SMILES string of the molecule is NC(=O)[C@@H](Sc1nnc(CN2CCCCC2)n1-c1ccccc1)c1ccccc1. The first-order chi connectivity index (χ1) is 14.2. The Bertz CT molecular complexity index is 938. The number of aromatic nitrogens is 3. The summed E-state index contributed by atoms with van der Waals surface area (Å²) in [6.45, 7) is 2.91. The van der Waals surface area contributed by atoms with Crippen molar-refractivity contribution in [2.75, 3.05) is 13.1 Å². The van der Waals surface area contributed by atoms with E-state index in [1.54, 1.807) is 0 Å². The van der Waals surface area contributed by atoms with Crippen molar-refractivity contribution in [1.82, 2.24) is 19.7 Å². The fraction of sp³-hybridized carbons (Fsp3) is 0.318. The fourth-order valence-corrected chi connectivity index (χ4v) is 4.68. The van der Waals surface area contributed by atoms with Gasteiger partial charge in [-0.15, -0.1) is 10.2 Å². The molecule has 6 nitrogen and oxygen atoms in total. The lowest BCUT2D eigenvalue weighted by molar-refractivity contribution is -0.117. The van der Waals surface area contributed by atoms with Crippen LogP contribution in [0.4, 0.5) is 0 Å². The maximum Gasteiger partial charge on any atom is 0.235 e. The van der Waals surface area contributed by atoms with Gasteiger partial charge in [0.2, 0.25) is 5.91 Å². The van der Waals surface area contributed by atoms with Crippen molar-refractivity contribution in [2.24, 2.45) is 5.73 Å². The second kappa shape index (κ2) is 9.24. The lowest BCUT2D eigenvalue weighted by atomic mass is 10.1. The fourth-order valence-electron chi connectivity index (χ4n) is 3.66. The van der Waals surface area contributed by atoms with Crippen LogP contribution in [0.15, 0.2) is 65.8 Å². The molecule has 150 valence electrons. The Hall–Kier alpha value is -2.64. The number of likely N-dealkylation sites (tertiary alicyclic amines) is 1. The Labute approximate surface area is 175 Å². The van der Waals surface area contributed by atoms with Crippen molar-refractivity contribution in [3.05, 3.63) is 72.1 Å². The quantitative estimate of drug-likeness (QED) is 0.606. The molecule has 1 aromatic heterocycles. The maximum absolute atomic E-state index is 12.2. The van der Waals surface area contributed by atoms with Gasteiger partial charge < -0.3 is 5.73 Å². The smallest absolute Gasteiger partial charge is 0.235 e. The summed E-state index contributed by atoms with van der Waals surface area (Å²) in [6.07, 6.45) is 3.73. The van der Waals surface area contributed by atoms with Crippen LogP contribution in [0.3, 0.4) is 0 Å². The molecule has 0 aliphatic carbocycles. The molecule has 7 heteroatoms. The Morgan fingerprint density at radius 1 is 0.966 bits per heavy atom. The molecule has 0 unspecified atom stereocenters. The van der Waals surface area contributed by atoms with Crippen molar-refractivity contribution < 1.29 is 4.79 Å². The van der Waals surface area contributed by atoms with Crippen LogP contribution in [0.5, 0.6) is 0 Å². The summed E-state index contributed by atoms with van der Waals surface area (Å²) in [5, 5.41) is 9.09. The van der Waals surface area contributed by atoms with Gasteiger partial charge in [-0.25, -0.2) is 0 Å². The molecule has 1 amide bonds. The van der Waals surface area contributed by atoms with Crippen molar-refractivity contribution in [1.29, 1.82) is 0 Å². The second-order valence-corrected chi connectivity index (χ2v) is 8.29. The number of benzene rings is 2. The molecule has 1 aliphatic heterocycles. The highest BCUT2D eigenvalue weighted by Crippen LogP contribution is 2.35. The second-order valence-electron chi connectivity index (χ2n) is 7.22. The van der Waals surface area contributed by atoms with Gasteiger partial charge in [0, 0.05) is 5.69 Å². The number of carbonyl (C=O) groups is 1. The van der Waals surface area contributed by atoms with Crippen LogP contribution in [0.1, 0.15) is 35.9 Å². The van der Waals surface area contributed by atoms with Crippen LogP contribution < -0.4 is 5.73 Å². The van der Waals surface area contributed by atoms with Gasteiger partial charge in [0.1, 0.15) is 5.25 Å². The summed E-state index contributed by atoms with van der Waals surface area (Å²) >= 11 is 1.35. The number of para-hydroxylation sites is 1. The van der Waals surface area contributed by atoms with Gasteiger partial charge in [-0.2, -0.15) is 0 Å². The number of piperidine rings is 1. The molecule has 29 heavy (non-hydrogen) atoms. The van der Waals surface area contributed by atoms with E-state index in [0.29, 0.717) is 5.16 Å². The predicted octanol–water partition coefficient (Wildman–Crippen LogP) is 3.57. The minimum Gasteiger partial charge on any atom is -0.368 e. The molecule has 2 heterocycles. The Morgan fingerprint density at radius 2 is 1.62 bits per heavy atom. The number of amides is 1. The van der Waals surface area contributed by atoms with Crippen LogP contribution in [0, 0.1) is 0 Å². The molecule has 4 rings (SSSR count). The van der Waals surface area contributed by atoms with E-state index in [9.17, 15) is 4.79 Å². The zero-order valence-electron chi connectivity index (χ0n) is 16.3. The van der Waals surface area contributed by atoms with Gasteiger partial charge >= 0.3 is 0 Å². The topological polar surface area (TPSA) is 77.0 Å². The summed E-state index contributed by atoms with van der Waals surface area (Å²) < 4.78 is 2.05. The van der Waals surface area contributed by atoms with Crippen LogP contribution in [0.2, 0.25) is 0 Å². The molecule has 3 aromatic rings. The van der Waals surface area contributed by atoms with Gasteiger partial charge in [-0.05, 0) is 43.6 Å². The molecule has 0 radical (unpaired) electrons. The van der Waals surface area contributed by atoms with Crippen molar-refractivity contribution in [3.8, 4) is 5.69 Å². The predicted molar refractivity (Wildman–Crippen MR) is 115 cm³/mol. The van der Waals surface area contributed by atoms with Gasteiger partial charge in [0.05, 0.1) is 6.54 Å². The highest BCUT2D eigenvalue weighted by atomic mass is 32.2. The molecular weight excluding hydrogens is 382 g/mol. The van der Waals surface area contributed by atoms with Crippen LogP contribution in [-0.4, -0.2) is 38.7 Å². The Morgan fingerprint density at radius 3 is 2.28 bits per heavy atom. The van der Waals surface area contributed by atoms with E-state index in [2.05, 4.69) is 19.7 Å². The monoisotopic (exact) mass is 407 g/mol. The molecule has 1 atom stereocenters. The molecule has 1 aliphatic rings. The van der Waals surface area contributed by atoms with Crippen molar-refractivity contribution in [3.63, 3.8) is 0 Å². The molecule has 0 spiro atoms. The van der Waals surface area contributed by atoms with E-state index in [0.717, 1.165) is 36.7 Å². The average Bonchev–Trinajstić information content (AvgIpc) is 3.16. The van der Waals surface area contributed by atoms with Gasteiger partial charge in [0.25, 0.3) is 0 Å². The van der Waals surface area contributed by atoms with E-state index in [1.165, 1.54) is 31.0 Å². The number of nitrogens with zero attached hydrogens (tertiary/aromatic N) is 4. The van der Waals surface area contributed by atoms with E-state index in [1.807, 2.05) is 60.7 Å². The van der Waals surface area contributed by atoms with E-state index >= 15 is 0 Å². The standard InChI is InChI=1S/C22H25N5OS/c23-21(28)20(17-10-4-1-5-11-17)29-22-25-24-19(16-26-14-8-3-9-15-26)27(22)18-12-6-2-7-13-18/h1-2,4-7,10-13,20H,3,8-9,14-16H2,(H2,23,28)/t20-/m0/s1. The zero-order valence-corrected chi connectivity index (χ0v) is 17.1. The number of nitrogens with two attached hydrogens (primary N) is 1. The van der Waals surface area contributed by atoms with E-state index in [4.69, 9.17) is 5.73 Å². The van der Waals surface area contributed by atoms with Gasteiger partial charge in [0.15, 0.2) is 11.0 Å². The number of rotatable bonds is 7. The Kier molecular flexibility index (Phi) is 6.27. The summed E-state index contributed by atoms with van der Waals surface area (Å²) in [5.74, 6) is 0.498. The third-order valence-electron chi connectivity index (χ3n) is 5.11. The molecular formula is C22H25N5OS. The first-order valence-electron chi connectivity index (χ1n) is 9.95. The molecule has 1 saturated heterocycles. The van der Waals surface area contributed by atoms with Gasteiger partial charge in [-0.1, -0.05) is 66.7 Å². The Balaban J connectivity index is 1.68. The highest BCUT2D eigenvalue weighted by Gasteiger charge is 2.25. The lowest BCUT2D eigenvalue weighted by Gasteiger charge is -2.26. The van der Waals surface area contributed by atoms with E-state index < -0.39 is 5.25 Å². The number of hydrogen-bond acceptors (Lipinski definition) is 5. The summed E-state index contributed by atoms with van der Waals surface area (Å²) in [4.78, 5) is 14.6. The third kappa shape index (κ3) is 4.68. The minimum absolute atomic E-state index is 0.388. The normalized spacial score (nSPS) is 15.9. The molecule has 2 N–H and O–H groups in total. The zero-order chi connectivity index (χ0) is 20.1. The first kappa shape index (κ1) is 19.7.